The Morgan fingerprint density at radius 3 is 2.67 bits per heavy atom. The lowest BCUT2D eigenvalue weighted by atomic mass is 10.5. The van der Waals surface area contributed by atoms with Gasteiger partial charge in [-0.15, -0.1) is 0 Å². The molecule has 2 aromatic rings. The normalized spacial score (nSPS) is 10.8. The van der Waals surface area contributed by atoms with Crippen molar-refractivity contribution in [3.05, 3.63) is 20.8 Å². The molecule has 2 aromatic heterocycles. The van der Waals surface area contributed by atoms with Crippen LogP contribution >= 0.6 is 0 Å². The molecular formula is C8H11N5O2. The highest BCUT2D eigenvalue weighted by molar-refractivity contribution is 5.69. The fourth-order valence-electron chi connectivity index (χ4n) is 1.25. The van der Waals surface area contributed by atoms with Crippen LogP contribution in [0.3, 0.4) is 0 Å². The van der Waals surface area contributed by atoms with Crippen molar-refractivity contribution in [1.29, 1.82) is 0 Å². The fourth-order valence-corrected chi connectivity index (χ4v) is 1.25. The molecule has 15 heavy (non-hydrogen) atoms. The standard InChI is InChI=1S/C8H11N5O2/c1-3-13(2)7-10-5-4(6(14)12-7)9-8(15)11-5/h3H2,1-2H3,(H3,9,10,11,12,14,15). The molecule has 0 bridgehead atoms. The van der Waals surface area contributed by atoms with Gasteiger partial charge in [0, 0.05) is 13.6 Å². The first-order chi connectivity index (χ1) is 7.11. The van der Waals surface area contributed by atoms with Crippen molar-refractivity contribution < 1.29 is 0 Å². The number of rotatable bonds is 2. The molecule has 0 radical (unpaired) electrons. The molecule has 0 aromatic carbocycles. The number of aromatic nitrogens is 4. The monoisotopic (exact) mass is 209 g/mol. The fraction of sp³-hybridized carbons (Fsp3) is 0.375. The number of hydrogen-bond acceptors (Lipinski definition) is 4. The molecule has 0 saturated carbocycles. The van der Waals surface area contributed by atoms with E-state index >= 15 is 0 Å². The van der Waals surface area contributed by atoms with Crippen LogP contribution in [-0.4, -0.2) is 33.5 Å². The molecule has 0 saturated heterocycles. The summed E-state index contributed by atoms with van der Waals surface area (Å²) < 4.78 is 0. The van der Waals surface area contributed by atoms with E-state index in [1.807, 2.05) is 6.92 Å². The third-order valence-corrected chi connectivity index (χ3v) is 2.21. The van der Waals surface area contributed by atoms with E-state index in [1.54, 1.807) is 11.9 Å². The third-order valence-electron chi connectivity index (χ3n) is 2.21. The Morgan fingerprint density at radius 2 is 2.00 bits per heavy atom. The Labute approximate surface area is 84.2 Å². The van der Waals surface area contributed by atoms with Crippen LogP contribution in [0.5, 0.6) is 0 Å². The van der Waals surface area contributed by atoms with E-state index in [1.165, 1.54) is 0 Å². The molecule has 0 aliphatic carbocycles. The van der Waals surface area contributed by atoms with Gasteiger partial charge < -0.3 is 4.90 Å². The lowest BCUT2D eigenvalue weighted by Gasteiger charge is -2.13. The van der Waals surface area contributed by atoms with Crippen molar-refractivity contribution >= 4 is 17.1 Å². The Hall–Kier alpha value is -2.05. The summed E-state index contributed by atoms with van der Waals surface area (Å²) >= 11 is 0. The maximum Gasteiger partial charge on any atom is 0.325 e. The van der Waals surface area contributed by atoms with Crippen LogP contribution in [0.15, 0.2) is 9.59 Å². The minimum Gasteiger partial charge on any atom is -0.346 e. The topological polar surface area (TPSA) is 97.6 Å². The van der Waals surface area contributed by atoms with Crippen LogP contribution in [0.25, 0.3) is 11.2 Å². The molecule has 3 N–H and O–H groups in total. The highest BCUT2D eigenvalue weighted by Crippen LogP contribution is 2.04. The zero-order valence-corrected chi connectivity index (χ0v) is 8.42. The summed E-state index contributed by atoms with van der Waals surface area (Å²) in [6.45, 7) is 2.65. The average molecular weight is 209 g/mol. The molecule has 2 rings (SSSR count). The number of nitrogens with zero attached hydrogens (tertiary/aromatic N) is 2. The molecule has 0 fully saturated rings. The summed E-state index contributed by atoms with van der Waals surface area (Å²) in [5, 5.41) is 0. The van der Waals surface area contributed by atoms with E-state index in [0.29, 0.717) is 12.5 Å². The second-order valence-electron chi connectivity index (χ2n) is 3.21. The maximum atomic E-state index is 11.5. The van der Waals surface area contributed by atoms with Gasteiger partial charge in [-0.25, -0.2) is 4.79 Å². The number of nitrogens with one attached hydrogen (secondary N) is 3. The average Bonchev–Trinajstić information content (AvgIpc) is 2.58. The van der Waals surface area contributed by atoms with Crippen molar-refractivity contribution in [2.45, 2.75) is 6.92 Å². The first-order valence-electron chi connectivity index (χ1n) is 4.55. The number of imidazole rings is 1. The van der Waals surface area contributed by atoms with Gasteiger partial charge in [0.1, 0.15) is 0 Å². The third kappa shape index (κ3) is 1.51. The van der Waals surface area contributed by atoms with Gasteiger partial charge in [-0.05, 0) is 6.92 Å². The molecule has 0 spiro atoms. The Morgan fingerprint density at radius 1 is 1.27 bits per heavy atom. The van der Waals surface area contributed by atoms with Crippen LogP contribution in [0, 0.1) is 0 Å². The number of fused-ring (bicyclic) bond motifs is 1. The van der Waals surface area contributed by atoms with Crippen LogP contribution in [0.2, 0.25) is 0 Å². The zero-order chi connectivity index (χ0) is 11.0. The zero-order valence-electron chi connectivity index (χ0n) is 8.42. The van der Waals surface area contributed by atoms with Crippen LogP contribution in [0.4, 0.5) is 5.95 Å². The minimum atomic E-state index is -0.431. The van der Waals surface area contributed by atoms with Crippen molar-refractivity contribution in [1.82, 2.24) is 19.9 Å². The number of anilines is 1. The Balaban J connectivity index is 2.72. The van der Waals surface area contributed by atoms with Gasteiger partial charge in [-0.2, -0.15) is 4.98 Å². The molecule has 0 unspecified atom stereocenters. The lowest BCUT2D eigenvalue weighted by Crippen LogP contribution is -2.22. The Kier molecular flexibility index (Phi) is 2.07. The molecule has 0 amide bonds. The molecule has 2 heterocycles. The van der Waals surface area contributed by atoms with E-state index in [4.69, 9.17) is 0 Å². The van der Waals surface area contributed by atoms with E-state index in [0.717, 1.165) is 0 Å². The first-order valence-corrected chi connectivity index (χ1v) is 4.55. The Bertz CT molecular complexity index is 593. The van der Waals surface area contributed by atoms with Crippen molar-refractivity contribution in [2.24, 2.45) is 0 Å². The van der Waals surface area contributed by atoms with E-state index in [2.05, 4.69) is 19.9 Å². The van der Waals surface area contributed by atoms with Gasteiger partial charge in [0.05, 0.1) is 0 Å². The number of hydrogen-bond donors (Lipinski definition) is 3. The first kappa shape index (κ1) is 9.50. The lowest BCUT2D eigenvalue weighted by molar-refractivity contribution is 0.901. The van der Waals surface area contributed by atoms with Gasteiger partial charge >= 0.3 is 5.69 Å². The molecule has 0 aliphatic heterocycles. The van der Waals surface area contributed by atoms with Gasteiger partial charge in [0.15, 0.2) is 11.2 Å². The van der Waals surface area contributed by atoms with Crippen LogP contribution in [-0.2, 0) is 0 Å². The highest BCUT2D eigenvalue weighted by atomic mass is 16.1. The summed E-state index contributed by atoms with van der Waals surface area (Å²) in [6.07, 6.45) is 0. The predicted molar refractivity (Wildman–Crippen MR) is 56.3 cm³/mol. The number of aromatic amines is 3. The molecule has 7 heteroatoms. The summed E-state index contributed by atoms with van der Waals surface area (Å²) in [7, 11) is 1.80. The summed E-state index contributed by atoms with van der Waals surface area (Å²) in [6, 6.07) is 0. The molecule has 7 nitrogen and oxygen atoms in total. The number of H-pyrrole nitrogens is 3. The molecular weight excluding hydrogens is 198 g/mol. The van der Waals surface area contributed by atoms with E-state index in [9.17, 15) is 9.59 Å². The van der Waals surface area contributed by atoms with Gasteiger partial charge in [0.2, 0.25) is 5.95 Å². The summed E-state index contributed by atoms with van der Waals surface area (Å²) in [5.74, 6) is 0.435. The molecule has 80 valence electrons. The van der Waals surface area contributed by atoms with Crippen molar-refractivity contribution in [3.8, 4) is 0 Å². The van der Waals surface area contributed by atoms with Gasteiger partial charge in [0.25, 0.3) is 5.56 Å². The SMILES string of the molecule is CCN(C)c1nc2[nH]c(=O)[nH]c2c(=O)[nH]1. The summed E-state index contributed by atoms with van der Waals surface area (Å²) in [4.78, 5) is 35.8. The maximum absolute atomic E-state index is 11.5. The van der Waals surface area contributed by atoms with Crippen molar-refractivity contribution in [3.63, 3.8) is 0 Å². The van der Waals surface area contributed by atoms with Crippen molar-refractivity contribution in [2.75, 3.05) is 18.5 Å². The second-order valence-corrected chi connectivity index (χ2v) is 3.21. The molecule has 0 aliphatic rings. The largest absolute Gasteiger partial charge is 0.346 e. The minimum absolute atomic E-state index is 0.174. The van der Waals surface area contributed by atoms with Crippen LogP contribution < -0.4 is 16.1 Å². The summed E-state index contributed by atoms with van der Waals surface area (Å²) in [5.41, 5.74) is -0.333. The van der Waals surface area contributed by atoms with Gasteiger partial charge in [-0.3, -0.25) is 19.7 Å². The second kappa shape index (κ2) is 3.26. The van der Waals surface area contributed by atoms with E-state index < -0.39 is 5.69 Å². The predicted octanol–water partition coefficient (Wildman–Crippen LogP) is -0.604. The highest BCUT2D eigenvalue weighted by Gasteiger charge is 2.08. The van der Waals surface area contributed by atoms with E-state index in [-0.39, 0.29) is 16.7 Å². The quantitative estimate of drug-likeness (QED) is 0.614. The smallest absolute Gasteiger partial charge is 0.325 e. The molecule has 0 atom stereocenters. The van der Waals surface area contributed by atoms with Gasteiger partial charge in [-0.1, -0.05) is 0 Å². The van der Waals surface area contributed by atoms with Crippen LogP contribution in [0.1, 0.15) is 6.92 Å².